The molecule has 3 N–H and O–H groups in total. The molecule has 28 heavy (non-hydrogen) atoms. The van der Waals surface area contributed by atoms with Crippen LogP contribution >= 0.6 is 0 Å². The lowest BCUT2D eigenvalue weighted by atomic mass is 9.97. The molecule has 1 atom stereocenters. The zero-order chi connectivity index (χ0) is 18.9. The summed E-state index contributed by atoms with van der Waals surface area (Å²) in [4.78, 5) is 14.2. The number of nitrogens with one attached hydrogen (secondary N) is 3. The molecular weight excluding hydrogens is 348 g/mol. The molecule has 0 radical (unpaired) electrons. The fourth-order valence-electron chi connectivity index (χ4n) is 3.94. The zero-order valence-electron chi connectivity index (χ0n) is 16.2. The highest BCUT2D eigenvalue weighted by Gasteiger charge is 2.28. The van der Waals surface area contributed by atoms with Crippen molar-refractivity contribution in [2.24, 2.45) is 10.9 Å². The summed E-state index contributed by atoms with van der Waals surface area (Å²) in [5, 5.41) is 11.4. The summed E-state index contributed by atoms with van der Waals surface area (Å²) in [5.41, 5.74) is 3.56. The fourth-order valence-corrected chi connectivity index (χ4v) is 3.94. The average Bonchev–Trinajstić information content (AvgIpc) is 3.46. The van der Waals surface area contributed by atoms with Crippen LogP contribution in [0.25, 0.3) is 16.5 Å². The van der Waals surface area contributed by atoms with Crippen molar-refractivity contribution in [3.05, 3.63) is 42.0 Å². The molecule has 3 heterocycles. The van der Waals surface area contributed by atoms with E-state index in [4.69, 9.17) is 9.97 Å². The Hall–Kier alpha value is -2.73. The molecular formula is C22H26N6. The van der Waals surface area contributed by atoms with Crippen molar-refractivity contribution in [3.8, 4) is 0 Å². The van der Waals surface area contributed by atoms with Crippen molar-refractivity contribution in [1.82, 2.24) is 15.3 Å². The first kappa shape index (κ1) is 17.4. The molecule has 1 saturated carbocycles. The minimum atomic E-state index is 0.413. The molecule has 1 aromatic carbocycles. The normalized spacial score (nSPS) is 20.0. The van der Waals surface area contributed by atoms with Gasteiger partial charge in [-0.15, -0.1) is 0 Å². The first-order valence-electron chi connectivity index (χ1n) is 10.2. The number of nitrogens with zero attached hydrogens (tertiary/aromatic N) is 3. The van der Waals surface area contributed by atoms with E-state index in [9.17, 15) is 0 Å². The van der Waals surface area contributed by atoms with E-state index in [1.165, 1.54) is 24.0 Å². The van der Waals surface area contributed by atoms with Gasteiger partial charge in [-0.3, -0.25) is 4.99 Å². The van der Waals surface area contributed by atoms with E-state index < -0.39 is 0 Å². The van der Waals surface area contributed by atoms with Gasteiger partial charge in [-0.25, -0.2) is 4.98 Å². The van der Waals surface area contributed by atoms with Crippen LogP contribution in [0.3, 0.4) is 0 Å². The van der Waals surface area contributed by atoms with Gasteiger partial charge in [-0.05, 0) is 56.4 Å². The SMILES string of the molecule is C[C@@H](Nc1nc(NC2=NCC=C2)nc2c(C3=CCNCC3)cccc12)C1CC1. The van der Waals surface area contributed by atoms with Crippen molar-refractivity contribution in [2.45, 2.75) is 32.2 Å². The van der Waals surface area contributed by atoms with Crippen LogP contribution in [0.2, 0.25) is 0 Å². The Balaban J connectivity index is 1.60. The number of hydrogen-bond acceptors (Lipinski definition) is 6. The molecule has 3 aliphatic rings. The first-order valence-corrected chi connectivity index (χ1v) is 10.2. The predicted octanol–water partition coefficient (Wildman–Crippen LogP) is 3.60. The monoisotopic (exact) mass is 374 g/mol. The van der Waals surface area contributed by atoms with Gasteiger partial charge in [0.25, 0.3) is 0 Å². The van der Waals surface area contributed by atoms with Crippen LogP contribution in [0.1, 0.15) is 31.7 Å². The van der Waals surface area contributed by atoms with Crippen LogP contribution < -0.4 is 16.0 Å². The van der Waals surface area contributed by atoms with Crippen LogP contribution in [0.4, 0.5) is 11.8 Å². The van der Waals surface area contributed by atoms with Crippen LogP contribution in [0, 0.1) is 5.92 Å². The first-order chi connectivity index (χ1) is 13.8. The van der Waals surface area contributed by atoms with Crippen LogP contribution in [0.15, 0.2) is 41.4 Å². The van der Waals surface area contributed by atoms with E-state index >= 15 is 0 Å². The van der Waals surface area contributed by atoms with Crippen molar-refractivity contribution >= 4 is 34.1 Å². The number of hydrogen-bond donors (Lipinski definition) is 3. The topological polar surface area (TPSA) is 74.2 Å². The van der Waals surface area contributed by atoms with E-state index in [0.717, 1.165) is 48.0 Å². The quantitative estimate of drug-likeness (QED) is 0.746. The van der Waals surface area contributed by atoms with Crippen molar-refractivity contribution in [3.63, 3.8) is 0 Å². The second-order valence-electron chi connectivity index (χ2n) is 7.80. The lowest BCUT2D eigenvalue weighted by Gasteiger charge is -2.19. The maximum absolute atomic E-state index is 4.90. The number of rotatable bonds is 5. The van der Waals surface area contributed by atoms with Crippen LogP contribution in [-0.2, 0) is 0 Å². The summed E-state index contributed by atoms with van der Waals surface area (Å²) in [7, 11) is 0. The minimum Gasteiger partial charge on any atom is -0.367 e. The molecule has 2 aromatic rings. The van der Waals surface area contributed by atoms with Gasteiger partial charge in [0.05, 0.1) is 12.1 Å². The molecule has 5 rings (SSSR count). The number of anilines is 2. The molecule has 1 aromatic heterocycles. The molecule has 1 fully saturated rings. The highest BCUT2D eigenvalue weighted by Crippen LogP contribution is 2.36. The maximum Gasteiger partial charge on any atom is 0.230 e. The molecule has 2 aliphatic heterocycles. The zero-order valence-corrected chi connectivity index (χ0v) is 16.2. The van der Waals surface area contributed by atoms with E-state index in [1.807, 2.05) is 12.2 Å². The second kappa shape index (κ2) is 7.36. The van der Waals surface area contributed by atoms with Gasteiger partial charge >= 0.3 is 0 Å². The maximum atomic E-state index is 4.90. The van der Waals surface area contributed by atoms with Gasteiger partial charge in [0.1, 0.15) is 11.7 Å². The highest BCUT2D eigenvalue weighted by atomic mass is 15.2. The molecule has 0 amide bonds. The van der Waals surface area contributed by atoms with Gasteiger partial charge < -0.3 is 16.0 Å². The van der Waals surface area contributed by atoms with Crippen molar-refractivity contribution < 1.29 is 0 Å². The summed E-state index contributed by atoms with van der Waals surface area (Å²) in [6.07, 6.45) is 9.90. The summed E-state index contributed by atoms with van der Waals surface area (Å²) < 4.78 is 0. The number of aromatic nitrogens is 2. The van der Waals surface area contributed by atoms with Gasteiger partial charge in [0, 0.05) is 23.5 Å². The average molecular weight is 374 g/mol. The Morgan fingerprint density at radius 1 is 1.21 bits per heavy atom. The van der Waals surface area contributed by atoms with Crippen LogP contribution in [0.5, 0.6) is 0 Å². The number of aliphatic imine (C=N–C) groups is 1. The lowest BCUT2D eigenvalue weighted by molar-refractivity contribution is 0.691. The Morgan fingerprint density at radius 2 is 2.14 bits per heavy atom. The Kier molecular flexibility index (Phi) is 4.56. The van der Waals surface area contributed by atoms with Gasteiger partial charge in [-0.2, -0.15) is 4.98 Å². The molecule has 0 spiro atoms. The molecule has 6 heteroatoms. The van der Waals surface area contributed by atoms with E-state index in [2.05, 4.69) is 52.1 Å². The number of amidine groups is 1. The molecule has 0 saturated heterocycles. The van der Waals surface area contributed by atoms with Crippen molar-refractivity contribution in [1.29, 1.82) is 0 Å². The molecule has 6 nitrogen and oxygen atoms in total. The van der Waals surface area contributed by atoms with Crippen molar-refractivity contribution in [2.75, 3.05) is 30.3 Å². The lowest BCUT2D eigenvalue weighted by Crippen LogP contribution is -2.21. The second-order valence-corrected chi connectivity index (χ2v) is 7.80. The van der Waals surface area contributed by atoms with Gasteiger partial charge in [0.15, 0.2) is 0 Å². The summed E-state index contributed by atoms with van der Waals surface area (Å²) in [6, 6.07) is 6.83. The van der Waals surface area contributed by atoms with E-state index in [0.29, 0.717) is 18.5 Å². The predicted molar refractivity (Wildman–Crippen MR) is 116 cm³/mol. The largest absolute Gasteiger partial charge is 0.367 e. The number of para-hydroxylation sites is 1. The standard InChI is InChI=1S/C22H26N6/c1-14(15-7-8-15)25-21-18-5-2-4-17(16-9-12-23-13-10-16)20(18)27-22(28-21)26-19-6-3-11-24-19/h2-6,9,14-15,23H,7-8,10-13H2,1H3,(H2,24,25,26,27,28)/t14-/m1/s1. The fraction of sp³-hybridized carbons (Fsp3) is 0.409. The number of benzene rings is 1. The Morgan fingerprint density at radius 3 is 2.89 bits per heavy atom. The smallest absolute Gasteiger partial charge is 0.230 e. The summed E-state index contributed by atoms with van der Waals surface area (Å²) in [5.74, 6) is 3.08. The van der Waals surface area contributed by atoms with E-state index in [1.54, 1.807) is 0 Å². The Bertz CT molecular complexity index is 986. The summed E-state index contributed by atoms with van der Waals surface area (Å²) >= 11 is 0. The third-order valence-corrected chi connectivity index (χ3v) is 5.71. The summed E-state index contributed by atoms with van der Waals surface area (Å²) in [6.45, 7) is 4.88. The molecule has 0 bridgehead atoms. The highest BCUT2D eigenvalue weighted by molar-refractivity contribution is 6.05. The van der Waals surface area contributed by atoms with Gasteiger partial charge in [-0.1, -0.05) is 24.3 Å². The third kappa shape index (κ3) is 3.52. The minimum absolute atomic E-state index is 0.413. The van der Waals surface area contributed by atoms with Crippen LogP contribution in [-0.4, -0.2) is 41.5 Å². The molecule has 0 unspecified atom stereocenters. The van der Waals surface area contributed by atoms with Gasteiger partial charge in [0.2, 0.25) is 5.95 Å². The number of fused-ring (bicyclic) bond motifs is 1. The molecule has 1 aliphatic carbocycles. The molecule has 144 valence electrons. The third-order valence-electron chi connectivity index (χ3n) is 5.71. The van der Waals surface area contributed by atoms with E-state index in [-0.39, 0.29) is 0 Å². The Labute approximate surface area is 165 Å².